The molecule has 0 aliphatic heterocycles. The Balaban J connectivity index is 1.94. The van der Waals surface area contributed by atoms with E-state index in [4.69, 9.17) is 10.5 Å². The summed E-state index contributed by atoms with van der Waals surface area (Å²) in [7, 11) is 1.58. The van der Waals surface area contributed by atoms with E-state index in [1.807, 2.05) is 0 Å². The lowest BCUT2D eigenvalue weighted by atomic mass is 9.80. The van der Waals surface area contributed by atoms with Crippen LogP contribution in [-0.2, 0) is 0 Å². The Morgan fingerprint density at radius 2 is 2.15 bits per heavy atom. The minimum absolute atomic E-state index is 0.0945. The number of benzene rings is 1. The molecule has 1 aromatic rings. The van der Waals surface area contributed by atoms with E-state index in [-0.39, 0.29) is 5.91 Å². The molecule has 20 heavy (non-hydrogen) atoms. The van der Waals surface area contributed by atoms with E-state index >= 15 is 0 Å². The van der Waals surface area contributed by atoms with Crippen LogP contribution in [0.25, 0.3) is 0 Å². The van der Waals surface area contributed by atoms with Crippen molar-refractivity contribution in [3.8, 4) is 5.75 Å². The third-order valence-electron chi connectivity index (χ3n) is 4.32. The number of carbonyl (C=O) groups excluding carboxylic acids is 1. The molecule has 0 spiro atoms. The number of anilines is 1. The van der Waals surface area contributed by atoms with Crippen LogP contribution in [0.2, 0.25) is 0 Å². The molecule has 3 N–H and O–H groups in total. The molecule has 4 heteroatoms. The molecule has 0 saturated heterocycles. The second-order valence-electron chi connectivity index (χ2n) is 5.69. The highest BCUT2D eigenvalue weighted by Crippen LogP contribution is 2.29. The monoisotopic (exact) mass is 276 g/mol. The van der Waals surface area contributed by atoms with Gasteiger partial charge in [0.2, 0.25) is 0 Å². The van der Waals surface area contributed by atoms with Gasteiger partial charge in [0.25, 0.3) is 5.91 Å². The molecule has 110 valence electrons. The van der Waals surface area contributed by atoms with Crippen LogP contribution in [0, 0.1) is 11.8 Å². The Bertz CT molecular complexity index is 474. The maximum atomic E-state index is 12.2. The summed E-state index contributed by atoms with van der Waals surface area (Å²) in [4.78, 5) is 12.2. The summed E-state index contributed by atoms with van der Waals surface area (Å²) in [6, 6.07) is 5.15. The summed E-state index contributed by atoms with van der Waals surface area (Å²) in [6.07, 6.45) is 5.07. The average molecular weight is 276 g/mol. The van der Waals surface area contributed by atoms with Crippen molar-refractivity contribution in [2.24, 2.45) is 11.8 Å². The maximum absolute atomic E-state index is 12.2. The first-order chi connectivity index (χ1) is 9.61. The highest BCUT2D eigenvalue weighted by molar-refractivity contribution is 5.99. The van der Waals surface area contributed by atoms with Gasteiger partial charge in [-0.3, -0.25) is 4.79 Å². The van der Waals surface area contributed by atoms with Crippen molar-refractivity contribution < 1.29 is 9.53 Å². The Labute approximate surface area is 120 Å². The molecule has 0 bridgehead atoms. The number of nitrogens with one attached hydrogen (secondary N) is 1. The van der Waals surface area contributed by atoms with Crippen LogP contribution in [-0.4, -0.2) is 19.6 Å². The van der Waals surface area contributed by atoms with Gasteiger partial charge in [-0.15, -0.1) is 0 Å². The van der Waals surface area contributed by atoms with Crippen LogP contribution >= 0.6 is 0 Å². The molecule has 2 rings (SSSR count). The van der Waals surface area contributed by atoms with E-state index in [0.29, 0.717) is 28.8 Å². The molecular weight excluding hydrogens is 252 g/mol. The number of hydrogen-bond donors (Lipinski definition) is 2. The first-order valence-electron chi connectivity index (χ1n) is 7.33. The summed E-state index contributed by atoms with van der Waals surface area (Å²) in [5.41, 5.74) is 6.87. The molecule has 4 nitrogen and oxygen atoms in total. The van der Waals surface area contributed by atoms with E-state index in [1.165, 1.54) is 25.7 Å². The predicted octanol–water partition coefficient (Wildman–Crippen LogP) is 2.83. The van der Waals surface area contributed by atoms with Crippen LogP contribution < -0.4 is 15.8 Å². The quantitative estimate of drug-likeness (QED) is 0.831. The van der Waals surface area contributed by atoms with Crippen LogP contribution in [0.4, 0.5) is 5.69 Å². The van der Waals surface area contributed by atoms with Gasteiger partial charge in [0.05, 0.1) is 12.7 Å². The molecule has 1 fully saturated rings. The smallest absolute Gasteiger partial charge is 0.253 e. The summed E-state index contributed by atoms with van der Waals surface area (Å²) in [5.74, 6) is 1.85. The van der Waals surface area contributed by atoms with Crippen molar-refractivity contribution in [2.45, 2.75) is 32.6 Å². The standard InChI is InChI=1S/C16H24N2O2/c1-11-5-3-4-6-12(11)10-18-16(19)14-8-7-13(20-2)9-15(14)17/h7-9,11-12H,3-6,10,17H2,1-2H3,(H,18,19). The predicted molar refractivity (Wildman–Crippen MR) is 80.9 cm³/mol. The maximum Gasteiger partial charge on any atom is 0.253 e. The summed E-state index contributed by atoms with van der Waals surface area (Å²) in [5, 5.41) is 3.02. The molecule has 1 amide bonds. The van der Waals surface area contributed by atoms with E-state index in [2.05, 4.69) is 12.2 Å². The fraction of sp³-hybridized carbons (Fsp3) is 0.562. The molecule has 1 saturated carbocycles. The van der Waals surface area contributed by atoms with E-state index < -0.39 is 0 Å². The molecule has 1 aliphatic rings. The normalized spacial score (nSPS) is 22.3. The van der Waals surface area contributed by atoms with Crippen molar-refractivity contribution >= 4 is 11.6 Å². The lowest BCUT2D eigenvalue weighted by Crippen LogP contribution is -2.33. The number of rotatable bonds is 4. The van der Waals surface area contributed by atoms with Gasteiger partial charge in [-0.1, -0.05) is 26.2 Å². The Hall–Kier alpha value is -1.71. The Morgan fingerprint density at radius 1 is 1.40 bits per heavy atom. The molecule has 1 aromatic carbocycles. The van der Waals surface area contributed by atoms with Crippen molar-refractivity contribution in [1.82, 2.24) is 5.32 Å². The van der Waals surface area contributed by atoms with Crippen molar-refractivity contribution in [3.63, 3.8) is 0 Å². The summed E-state index contributed by atoms with van der Waals surface area (Å²) < 4.78 is 5.09. The van der Waals surface area contributed by atoms with Gasteiger partial charge in [0.15, 0.2) is 0 Å². The highest BCUT2D eigenvalue weighted by atomic mass is 16.5. The van der Waals surface area contributed by atoms with Crippen LogP contribution in [0.3, 0.4) is 0 Å². The number of methoxy groups -OCH3 is 1. The molecule has 0 radical (unpaired) electrons. The molecule has 2 atom stereocenters. The van der Waals surface area contributed by atoms with Crippen LogP contribution in [0.15, 0.2) is 18.2 Å². The van der Waals surface area contributed by atoms with Gasteiger partial charge in [-0.25, -0.2) is 0 Å². The number of nitrogens with two attached hydrogens (primary N) is 1. The van der Waals surface area contributed by atoms with E-state index in [0.717, 1.165) is 6.54 Å². The fourth-order valence-corrected chi connectivity index (χ4v) is 2.89. The largest absolute Gasteiger partial charge is 0.497 e. The fourth-order valence-electron chi connectivity index (χ4n) is 2.89. The zero-order chi connectivity index (χ0) is 14.5. The van der Waals surface area contributed by atoms with Crippen molar-refractivity contribution in [3.05, 3.63) is 23.8 Å². The summed E-state index contributed by atoms with van der Waals surface area (Å²) in [6.45, 7) is 3.02. The van der Waals surface area contributed by atoms with Crippen LogP contribution in [0.1, 0.15) is 43.0 Å². The highest BCUT2D eigenvalue weighted by Gasteiger charge is 2.22. The van der Waals surface area contributed by atoms with Gasteiger partial charge in [0, 0.05) is 18.3 Å². The minimum Gasteiger partial charge on any atom is -0.497 e. The zero-order valence-corrected chi connectivity index (χ0v) is 12.3. The number of hydrogen-bond acceptors (Lipinski definition) is 3. The van der Waals surface area contributed by atoms with Gasteiger partial charge >= 0.3 is 0 Å². The van der Waals surface area contributed by atoms with E-state index in [1.54, 1.807) is 25.3 Å². The number of ether oxygens (including phenoxy) is 1. The Morgan fingerprint density at radius 3 is 2.80 bits per heavy atom. The third kappa shape index (κ3) is 3.44. The second kappa shape index (κ2) is 6.64. The number of carbonyl (C=O) groups is 1. The second-order valence-corrected chi connectivity index (χ2v) is 5.69. The number of nitrogen functional groups attached to an aromatic ring is 1. The minimum atomic E-state index is -0.0945. The first-order valence-corrected chi connectivity index (χ1v) is 7.33. The topological polar surface area (TPSA) is 64.3 Å². The average Bonchev–Trinajstić information content (AvgIpc) is 2.46. The first kappa shape index (κ1) is 14.7. The van der Waals surface area contributed by atoms with Gasteiger partial charge in [-0.2, -0.15) is 0 Å². The Kier molecular flexibility index (Phi) is 4.88. The third-order valence-corrected chi connectivity index (χ3v) is 4.32. The molecule has 0 heterocycles. The SMILES string of the molecule is COc1ccc(C(=O)NCC2CCCCC2C)c(N)c1. The molecule has 2 unspecified atom stereocenters. The van der Waals surface area contributed by atoms with Gasteiger partial charge in [0.1, 0.15) is 5.75 Å². The van der Waals surface area contributed by atoms with Crippen molar-refractivity contribution in [1.29, 1.82) is 0 Å². The molecule has 0 aromatic heterocycles. The molecule has 1 aliphatic carbocycles. The molecular formula is C16H24N2O2. The lowest BCUT2D eigenvalue weighted by molar-refractivity contribution is 0.0937. The number of amides is 1. The van der Waals surface area contributed by atoms with E-state index in [9.17, 15) is 4.79 Å². The van der Waals surface area contributed by atoms with Crippen molar-refractivity contribution in [2.75, 3.05) is 19.4 Å². The van der Waals surface area contributed by atoms with Crippen LogP contribution in [0.5, 0.6) is 5.75 Å². The van der Waals surface area contributed by atoms with Gasteiger partial charge < -0.3 is 15.8 Å². The zero-order valence-electron chi connectivity index (χ0n) is 12.3. The lowest BCUT2D eigenvalue weighted by Gasteiger charge is -2.28. The van der Waals surface area contributed by atoms with Gasteiger partial charge in [-0.05, 0) is 30.4 Å². The summed E-state index contributed by atoms with van der Waals surface area (Å²) >= 11 is 0.